The Balaban J connectivity index is 0.824. The van der Waals surface area contributed by atoms with Gasteiger partial charge >= 0.3 is 12.4 Å². The molecular formula is C60H38F6N4. The summed E-state index contributed by atoms with van der Waals surface area (Å²) in [5.41, 5.74) is 12.1. The first-order valence-electron chi connectivity index (χ1n) is 22.5. The molecule has 12 rings (SSSR count). The highest BCUT2D eigenvalue weighted by Crippen LogP contribution is 2.39. The lowest BCUT2D eigenvalue weighted by Crippen LogP contribution is -2.04. The normalized spacial score (nSPS) is 12.4. The monoisotopic (exact) mass is 928 g/mol. The fourth-order valence-electron chi connectivity index (χ4n) is 10.2. The summed E-state index contributed by atoms with van der Waals surface area (Å²) in [5, 5.41) is 9.08. The lowest BCUT2D eigenvalue weighted by Gasteiger charge is -2.05. The number of halogens is 6. The Morgan fingerprint density at radius 1 is 0.300 bits per heavy atom. The molecule has 0 amide bonds. The molecule has 70 heavy (non-hydrogen) atoms. The van der Waals surface area contributed by atoms with E-state index in [1.807, 2.05) is 38.4 Å². The Hall–Kier alpha value is -8.60. The summed E-state index contributed by atoms with van der Waals surface area (Å²) < 4.78 is 87.1. The van der Waals surface area contributed by atoms with E-state index in [2.05, 4.69) is 141 Å². The SMILES string of the molecule is Cn1c2cc(C#Cc3ccc(C(F)(F)F)cc3)ccc2c2cc3c(cc21)c1ccc(C=Cc2ccc4c5cc6c(cc5n(C)c4c2)c2ccc(C#Cc4ccc(C(F)(F)F)cc4)cc2n6C)cc1n3C. The molecule has 0 aliphatic rings. The Bertz CT molecular complexity index is 4070. The molecule has 12 aromatic rings. The van der Waals surface area contributed by atoms with Crippen LogP contribution in [-0.4, -0.2) is 18.3 Å². The molecule has 0 saturated carbocycles. The van der Waals surface area contributed by atoms with Gasteiger partial charge in [-0.2, -0.15) is 26.3 Å². The molecule has 0 atom stereocenters. The van der Waals surface area contributed by atoms with Crippen molar-refractivity contribution in [1.29, 1.82) is 0 Å². The Morgan fingerprint density at radius 3 is 0.871 bits per heavy atom. The molecule has 0 aliphatic heterocycles. The summed E-state index contributed by atoms with van der Waals surface area (Å²) in [6.07, 6.45) is -4.46. The molecule has 8 aromatic carbocycles. The van der Waals surface area contributed by atoms with Crippen molar-refractivity contribution in [3.05, 3.63) is 190 Å². The maximum Gasteiger partial charge on any atom is 0.416 e. The van der Waals surface area contributed by atoms with Gasteiger partial charge in [0.2, 0.25) is 0 Å². The zero-order valence-electron chi connectivity index (χ0n) is 38.1. The molecule has 0 saturated heterocycles. The van der Waals surface area contributed by atoms with Gasteiger partial charge in [0.1, 0.15) is 0 Å². The zero-order valence-corrected chi connectivity index (χ0v) is 38.1. The van der Waals surface area contributed by atoms with Crippen LogP contribution in [0.15, 0.2) is 146 Å². The highest BCUT2D eigenvalue weighted by Gasteiger charge is 2.30. The molecule has 340 valence electrons. The fraction of sp³-hybridized carbons (Fsp3) is 0.100. The second-order valence-electron chi connectivity index (χ2n) is 18.0. The third-order valence-corrected chi connectivity index (χ3v) is 13.9. The largest absolute Gasteiger partial charge is 0.416 e. The maximum absolute atomic E-state index is 13.0. The summed E-state index contributed by atoms with van der Waals surface area (Å²) in [6.45, 7) is 0. The van der Waals surface area contributed by atoms with Crippen molar-refractivity contribution >= 4 is 99.4 Å². The minimum Gasteiger partial charge on any atom is -0.344 e. The van der Waals surface area contributed by atoms with Crippen molar-refractivity contribution < 1.29 is 26.3 Å². The minimum absolute atomic E-state index is 0.516. The topological polar surface area (TPSA) is 19.7 Å². The van der Waals surface area contributed by atoms with Crippen molar-refractivity contribution in [2.24, 2.45) is 28.2 Å². The Labute approximate surface area is 396 Å². The molecule has 0 N–H and O–H groups in total. The minimum atomic E-state index is -4.39. The van der Waals surface area contributed by atoms with Gasteiger partial charge in [0.15, 0.2) is 0 Å². The van der Waals surface area contributed by atoms with Gasteiger partial charge in [-0.3, -0.25) is 0 Å². The standard InChI is InChI=1S/C60H38F6N4/c1-67-51-27-37(7-5-35-11-19-41(20-12-35)59(61,62)63)15-23-43(51)47-31-57-49(33-55(47)67)45-25-17-39(29-53(45)69(57)3)9-10-40-18-26-46-50-34-56-48(32-58(50)70(4)54(46)30-40)44-24-16-38(28-52(44)68(56)2)8-6-36-13-21-42(22-14-36)60(64,65)66/h9-34H,1-4H3. The number of rotatable bonds is 2. The number of aromatic nitrogens is 4. The molecule has 0 bridgehead atoms. The van der Waals surface area contributed by atoms with Crippen LogP contribution >= 0.6 is 0 Å². The fourth-order valence-corrected chi connectivity index (χ4v) is 10.2. The summed E-state index contributed by atoms with van der Waals surface area (Å²) in [5.74, 6) is 12.3. The van der Waals surface area contributed by atoms with Crippen LogP contribution in [-0.2, 0) is 40.5 Å². The third kappa shape index (κ3) is 6.98. The average Bonchev–Trinajstić information content (AvgIpc) is 4.00. The first-order chi connectivity index (χ1) is 33.6. The first kappa shape index (κ1) is 42.7. The van der Waals surface area contributed by atoms with Gasteiger partial charge in [0, 0.05) is 127 Å². The van der Waals surface area contributed by atoms with Gasteiger partial charge in [-0.1, -0.05) is 72.2 Å². The quantitative estimate of drug-likeness (QED) is 0.0935. The number of fused-ring (bicyclic) bond motifs is 12. The lowest BCUT2D eigenvalue weighted by atomic mass is 10.1. The second-order valence-corrected chi connectivity index (χ2v) is 18.0. The van der Waals surface area contributed by atoms with E-state index in [4.69, 9.17) is 0 Å². The molecule has 4 nitrogen and oxygen atoms in total. The third-order valence-electron chi connectivity index (χ3n) is 13.9. The van der Waals surface area contributed by atoms with Crippen LogP contribution in [0.3, 0.4) is 0 Å². The van der Waals surface area contributed by atoms with Crippen molar-refractivity contribution in [3.8, 4) is 23.7 Å². The molecule has 0 spiro atoms. The molecule has 0 radical (unpaired) electrons. The van der Waals surface area contributed by atoms with Crippen molar-refractivity contribution in [1.82, 2.24) is 18.3 Å². The number of alkyl halides is 6. The summed E-state index contributed by atoms with van der Waals surface area (Å²) in [7, 11) is 8.30. The number of nitrogens with zero attached hydrogens (tertiary/aromatic N) is 4. The highest BCUT2D eigenvalue weighted by atomic mass is 19.4. The van der Waals surface area contributed by atoms with Crippen molar-refractivity contribution in [2.45, 2.75) is 12.4 Å². The number of aryl methyl sites for hydroxylation is 4. The molecule has 4 heterocycles. The number of hydrogen-bond acceptors (Lipinski definition) is 0. The molecule has 10 heteroatoms. The van der Waals surface area contributed by atoms with E-state index in [1.165, 1.54) is 24.3 Å². The van der Waals surface area contributed by atoms with Crippen LogP contribution in [0.25, 0.3) is 99.4 Å². The summed E-state index contributed by atoms with van der Waals surface area (Å²) >= 11 is 0. The van der Waals surface area contributed by atoms with Crippen LogP contribution < -0.4 is 0 Å². The van der Waals surface area contributed by atoms with E-state index in [9.17, 15) is 26.3 Å². The van der Waals surface area contributed by atoms with Gasteiger partial charge < -0.3 is 18.3 Å². The van der Waals surface area contributed by atoms with Gasteiger partial charge in [-0.25, -0.2) is 0 Å². The predicted molar refractivity (Wildman–Crippen MR) is 273 cm³/mol. The van der Waals surface area contributed by atoms with Crippen LogP contribution in [0.1, 0.15) is 44.5 Å². The van der Waals surface area contributed by atoms with E-state index in [-0.39, 0.29) is 0 Å². The average molecular weight is 929 g/mol. The van der Waals surface area contributed by atoms with E-state index in [0.29, 0.717) is 11.1 Å². The van der Waals surface area contributed by atoms with Crippen LogP contribution in [0, 0.1) is 23.7 Å². The van der Waals surface area contributed by atoms with E-state index in [1.54, 1.807) is 0 Å². The summed E-state index contributed by atoms with van der Waals surface area (Å²) in [4.78, 5) is 0. The number of hydrogen-bond donors (Lipinski definition) is 0. The molecule has 0 aliphatic carbocycles. The van der Waals surface area contributed by atoms with E-state index < -0.39 is 23.5 Å². The lowest BCUT2D eigenvalue weighted by molar-refractivity contribution is -0.138. The van der Waals surface area contributed by atoms with Gasteiger partial charge in [0.25, 0.3) is 0 Å². The molecule has 0 fully saturated rings. The Kier molecular flexibility index (Phi) is 9.44. The molecule has 4 aromatic heterocycles. The van der Waals surface area contributed by atoms with E-state index >= 15 is 0 Å². The smallest absolute Gasteiger partial charge is 0.344 e. The van der Waals surface area contributed by atoms with Crippen LogP contribution in [0.4, 0.5) is 26.3 Å². The molecule has 0 unspecified atom stereocenters. The highest BCUT2D eigenvalue weighted by molar-refractivity contribution is 6.19. The first-order valence-corrected chi connectivity index (χ1v) is 22.5. The van der Waals surface area contributed by atoms with Crippen molar-refractivity contribution in [3.63, 3.8) is 0 Å². The zero-order chi connectivity index (χ0) is 48.4. The van der Waals surface area contributed by atoms with Crippen LogP contribution in [0.5, 0.6) is 0 Å². The second kappa shape index (κ2) is 15.5. The van der Waals surface area contributed by atoms with Gasteiger partial charge in [-0.05, 0) is 120 Å². The van der Waals surface area contributed by atoms with Gasteiger partial charge in [0.05, 0.1) is 22.2 Å². The van der Waals surface area contributed by atoms with Crippen LogP contribution in [0.2, 0.25) is 0 Å². The predicted octanol–water partition coefficient (Wildman–Crippen LogP) is 15.3. The van der Waals surface area contributed by atoms with Crippen molar-refractivity contribution in [2.75, 3.05) is 0 Å². The van der Waals surface area contributed by atoms with E-state index in [0.717, 1.165) is 134 Å². The summed E-state index contributed by atoms with van der Waals surface area (Å²) in [6, 6.07) is 44.1. The number of benzene rings is 8. The maximum atomic E-state index is 13.0. The Morgan fingerprint density at radius 2 is 0.557 bits per heavy atom. The van der Waals surface area contributed by atoms with Gasteiger partial charge in [-0.15, -0.1) is 0 Å². The molecular weight excluding hydrogens is 891 g/mol.